The number of aliphatic carboxylic acids is 1. The van der Waals surface area contributed by atoms with Crippen LogP contribution in [0.3, 0.4) is 0 Å². The van der Waals surface area contributed by atoms with Crippen LogP contribution >= 0.6 is 0 Å². The lowest BCUT2D eigenvalue weighted by Gasteiger charge is -2.67. The number of esters is 1. The molecule has 1 N–H and O–H groups in total. The SMILES string of the molecule is C=Cc1ccc(C2=NC(C)C=C(CC34CCC(C(C)C)=C3C3CCC5C(C)(CCC6C(C)C(OC(=O)CC(C)(C)C(=O)O)CCC65C)C3CC4)CC(CCC)C2)nc1. The summed E-state index contributed by atoms with van der Waals surface area (Å²) in [5, 5.41) is 9.62. The summed E-state index contributed by atoms with van der Waals surface area (Å²) in [6.45, 7) is 24.4. The van der Waals surface area contributed by atoms with Crippen molar-refractivity contribution in [3.05, 3.63) is 59.0 Å². The first-order valence-corrected chi connectivity index (χ1v) is 23.5. The van der Waals surface area contributed by atoms with E-state index in [-0.39, 0.29) is 41.3 Å². The number of pyridine rings is 1. The summed E-state index contributed by atoms with van der Waals surface area (Å²) < 4.78 is 6.13. The predicted octanol–water partition coefficient (Wildman–Crippen LogP) is 12.9. The highest BCUT2D eigenvalue weighted by molar-refractivity contribution is 5.99. The molecule has 1 aromatic heterocycles. The fraction of sp³-hybridized carbons (Fsp3) is 0.731. The highest BCUT2D eigenvalue weighted by Crippen LogP contribution is 2.72. The van der Waals surface area contributed by atoms with Crippen LogP contribution in [-0.2, 0) is 14.3 Å². The fourth-order valence-electron chi connectivity index (χ4n) is 14.7. The number of carbonyl (C=O) groups excluding carboxylic acids is 1. The molecule has 0 bridgehead atoms. The number of allylic oxidation sites excluding steroid dienone is 3. The van der Waals surface area contributed by atoms with Gasteiger partial charge < -0.3 is 9.84 Å². The van der Waals surface area contributed by atoms with E-state index in [1.54, 1.807) is 25.0 Å². The van der Waals surface area contributed by atoms with Gasteiger partial charge in [-0.1, -0.05) is 95.9 Å². The summed E-state index contributed by atoms with van der Waals surface area (Å²) in [5.74, 6) is 2.77. The van der Waals surface area contributed by atoms with E-state index in [0.29, 0.717) is 35.0 Å². The van der Waals surface area contributed by atoms with Gasteiger partial charge in [0.1, 0.15) is 6.10 Å². The van der Waals surface area contributed by atoms with Gasteiger partial charge in [0.15, 0.2) is 0 Å². The van der Waals surface area contributed by atoms with Crippen molar-refractivity contribution in [3.63, 3.8) is 0 Å². The monoisotopic (exact) mass is 793 g/mol. The summed E-state index contributed by atoms with van der Waals surface area (Å²) in [6.07, 6.45) is 24.3. The molecule has 1 aliphatic heterocycles. The highest BCUT2D eigenvalue weighted by atomic mass is 16.5. The lowest BCUT2D eigenvalue weighted by Crippen LogP contribution is -2.60. The average molecular weight is 793 g/mol. The highest BCUT2D eigenvalue weighted by Gasteiger charge is 2.64. The molecule has 0 radical (unpaired) electrons. The molecule has 58 heavy (non-hydrogen) atoms. The van der Waals surface area contributed by atoms with E-state index in [2.05, 4.69) is 73.3 Å². The molecule has 0 saturated heterocycles. The van der Waals surface area contributed by atoms with Gasteiger partial charge in [0.05, 0.1) is 29.3 Å². The minimum Gasteiger partial charge on any atom is -0.481 e. The van der Waals surface area contributed by atoms with E-state index in [1.807, 2.05) is 17.8 Å². The Morgan fingerprint density at radius 3 is 2.40 bits per heavy atom. The first kappa shape index (κ1) is 43.1. The number of carbonyl (C=O) groups is 2. The van der Waals surface area contributed by atoms with Gasteiger partial charge in [-0.2, -0.15) is 0 Å². The first-order chi connectivity index (χ1) is 27.4. The first-order valence-electron chi connectivity index (χ1n) is 23.5. The molecule has 6 heteroatoms. The molecule has 6 nitrogen and oxygen atoms in total. The molecule has 4 fully saturated rings. The van der Waals surface area contributed by atoms with E-state index < -0.39 is 11.4 Å². The van der Waals surface area contributed by atoms with Crippen LogP contribution in [0.15, 0.2) is 52.7 Å². The Balaban J connectivity index is 1.12. The number of aromatic nitrogens is 1. The smallest absolute Gasteiger partial charge is 0.309 e. The molecule has 4 saturated carbocycles. The van der Waals surface area contributed by atoms with E-state index in [0.717, 1.165) is 42.1 Å². The number of carboxylic acids is 1. The molecule has 11 unspecified atom stereocenters. The zero-order valence-electron chi connectivity index (χ0n) is 37.7. The molecule has 0 aromatic carbocycles. The minimum atomic E-state index is -1.12. The second-order valence-electron chi connectivity index (χ2n) is 21.8. The molecule has 1 aromatic rings. The Kier molecular flexibility index (Phi) is 12.2. The average Bonchev–Trinajstić information content (AvgIpc) is 3.55. The quantitative estimate of drug-likeness (QED) is 0.178. The number of fused-ring (bicyclic) bond motifs is 7. The molecule has 7 rings (SSSR count). The molecular formula is C52H76N2O4. The van der Waals surface area contributed by atoms with E-state index in [9.17, 15) is 14.7 Å². The second-order valence-corrected chi connectivity index (χ2v) is 21.8. The maximum Gasteiger partial charge on any atom is 0.309 e. The molecule has 2 heterocycles. The molecule has 5 aliphatic carbocycles. The van der Waals surface area contributed by atoms with Gasteiger partial charge in [0, 0.05) is 6.20 Å². The molecule has 11 atom stereocenters. The van der Waals surface area contributed by atoms with Crippen LogP contribution in [0, 0.1) is 63.1 Å². The zero-order chi connectivity index (χ0) is 41.8. The van der Waals surface area contributed by atoms with Crippen molar-refractivity contribution < 1.29 is 19.4 Å². The Morgan fingerprint density at radius 1 is 1.00 bits per heavy atom. The predicted molar refractivity (Wildman–Crippen MR) is 236 cm³/mol. The number of nitrogens with zero attached hydrogens (tertiary/aromatic N) is 2. The number of ether oxygens (including phenoxy) is 1. The van der Waals surface area contributed by atoms with Gasteiger partial charge in [0.2, 0.25) is 0 Å². The third kappa shape index (κ3) is 7.86. The van der Waals surface area contributed by atoms with Crippen LogP contribution in [0.25, 0.3) is 6.08 Å². The molecule has 0 spiro atoms. The van der Waals surface area contributed by atoms with Gasteiger partial charge in [0.25, 0.3) is 0 Å². The van der Waals surface area contributed by atoms with Crippen molar-refractivity contribution in [2.75, 3.05) is 0 Å². The van der Waals surface area contributed by atoms with Crippen LogP contribution < -0.4 is 0 Å². The maximum absolute atomic E-state index is 13.0. The Morgan fingerprint density at radius 2 is 1.72 bits per heavy atom. The van der Waals surface area contributed by atoms with Gasteiger partial charge in [-0.3, -0.25) is 19.6 Å². The van der Waals surface area contributed by atoms with Gasteiger partial charge in [-0.25, -0.2) is 0 Å². The van der Waals surface area contributed by atoms with Gasteiger partial charge in [-0.05, 0) is 174 Å². The van der Waals surface area contributed by atoms with Crippen molar-refractivity contribution in [1.29, 1.82) is 0 Å². The summed E-state index contributed by atoms with van der Waals surface area (Å²) in [6, 6.07) is 4.39. The Bertz CT molecular complexity index is 1820. The minimum absolute atomic E-state index is 0.0826. The van der Waals surface area contributed by atoms with E-state index >= 15 is 0 Å². The second kappa shape index (κ2) is 16.4. The van der Waals surface area contributed by atoms with Gasteiger partial charge in [-0.15, -0.1) is 0 Å². The fourth-order valence-corrected chi connectivity index (χ4v) is 14.7. The standard InChI is InChI=1S/C52H76N2O4/c1-11-13-36-27-37(26-33(5)54-43(28-36)42-16-14-35(12-2)31-53-42)29-52-24-18-38(32(3)4)47(52)39-15-17-45-50(9)23-21-44(58-46(55)30-49(7,8)48(56)57)34(6)40(50)19-22-51(45,10)41(39)20-25-52/h12,14,16,26,31-34,36,39-41,44-45H,2,11,13,15,17-25,27-30H2,1,3-10H3,(H,56,57). The summed E-state index contributed by atoms with van der Waals surface area (Å²) >= 11 is 0. The van der Waals surface area contributed by atoms with Crippen LogP contribution in [0.1, 0.15) is 176 Å². The Labute approximate surface area is 351 Å². The third-order valence-electron chi connectivity index (χ3n) is 17.4. The lowest BCUT2D eigenvalue weighted by atomic mass is 9.38. The van der Waals surface area contributed by atoms with Crippen LogP contribution in [0.2, 0.25) is 0 Å². The number of hydrogen-bond acceptors (Lipinski definition) is 5. The normalized spacial score (nSPS) is 37.6. The lowest BCUT2D eigenvalue weighted by molar-refractivity contribution is -0.192. The van der Waals surface area contributed by atoms with Crippen molar-refractivity contribution in [2.45, 2.75) is 177 Å². The van der Waals surface area contributed by atoms with Crippen molar-refractivity contribution in [2.24, 2.45) is 68.1 Å². The van der Waals surface area contributed by atoms with Crippen LogP contribution in [0.4, 0.5) is 0 Å². The summed E-state index contributed by atoms with van der Waals surface area (Å²) in [5.41, 5.74) is 8.33. The molecule has 0 amide bonds. The van der Waals surface area contributed by atoms with Gasteiger partial charge >= 0.3 is 11.9 Å². The maximum atomic E-state index is 13.0. The van der Waals surface area contributed by atoms with Crippen LogP contribution in [-0.4, -0.2) is 39.9 Å². The summed E-state index contributed by atoms with van der Waals surface area (Å²) in [4.78, 5) is 35.0. The van der Waals surface area contributed by atoms with E-state index in [4.69, 9.17) is 14.7 Å². The third-order valence-corrected chi connectivity index (χ3v) is 17.4. The van der Waals surface area contributed by atoms with Crippen molar-refractivity contribution in [3.8, 4) is 0 Å². The molecule has 6 aliphatic rings. The molecule has 318 valence electrons. The molecular weight excluding hydrogens is 717 g/mol. The largest absolute Gasteiger partial charge is 0.481 e. The van der Waals surface area contributed by atoms with E-state index in [1.165, 1.54) is 77.0 Å². The topological polar surface area (TPSA) is 88.8 Å². The number of rotatable bonds is 11. The number of aliphatic imine (C=N–C) groups is 1. The van der Waals surface area contributed by atoms with Crippen LogP contribution in [0.5, 0.6) is 0 Å². The van der Waals surface area contributed by atoms with Crippen molar-refractivity contribution >= 4 is 23.7 Å². The Hall–Kier alpha value is -3.02. The number of hydrogen-bond donors (Lipinski definition) is 1. The zero-order valence-corrected chi connectivity index (χ0v) is 37.7. The summed E-state index contributed by atoms with van der Waals surface area (Å²) in [7, 11) is 0. The van der Waals surface area contributed by atoms with Crippen molar-refractivity contribution in [1.82, 2.24) is 4.98 Å². The number of carboxylic acid groups (broad SMARTS) is 1.